The van der Waals surface area contributed by atoms with Gasteiger partial charge in [0.1, 0.15) is 0 Å². The van der Waals surface area contributed by atoms with Crippen LogP contribution in [-0.4, -0.2) is 5.91 Å². The maximum atomic E-state index is 11.9. The fourth-order valence-electron chi connectivity index (χ4n) is 2.26. The lowest BCUT2D eigenvalue weighted by atomic mass is 10.1. The third-order valence-electron chi connectivity index (χ3n) is 3.56. The Bertz CT molecular complexity index is 806. The van der Waals surface area contributed by atoms with Crippen LogP contribution in [-0.2, 0) is 0 Å². The first kappa shape index (κ1) is 14.9. The second kappa shape index (κ2) is 6.40. The summed E-state index contributed by atoms with van der Waals surface area (Å²) >= 11 is 0. The van der Waals surface area contributed by atoms with Crippen molar-refractivity contribution in [3.63, 3.8) is 0 Å². The van der Waals surface area contributed by atoms with E-state index < -0.39 is 0 Å². The molecule has 116 valence electrons. The van der Waals surface area contributed by atoms with Crippen molar-refractivity contribution in [2.45, 2.75) is 13.8 Å². The van der Waals surface area contributed by atoms with Gasteiger partial charge in [0.15, 0.2) is 5.76 Å². The van der Waals surface area contributed by atoms with Crippen molar-refractivity contribution < 1.29 is 9.21 Å². The second-order valence-electron chi connectivity index (χ2n) is 5.45. The largest absolute Gasteiger partial charge is 0.459 e. The topological polar surface area (TPSA) is 54.3 Å². The molecule has 0 aliphatic heterocycles. The molecule has 4 heteroatoms. The van der Waals surface area contributed by atoms with E-state index in [0.29, 0.717) is 5.76 Å². The van der Waals surface area contributed by atoms with Gasteiger partial charge in [-0.2, -0.15) is 0 Å². The maximum Gasteiger partial charge on any atom is 0.291 e. The monoisotopic (exact) mass is 306 g/mol. The Morgan fingerprint density at radius 2 is 1.70 bits per heavy atom. The average molecular weight is 306 g/mol. The predicted molar refractivity (Wildman–Crippen MR) is 92.3 cm³/mol. The van der Waals surface area contributed by atoms with Crippen molar-refractivity contribution in [1.82, 2.24) is 0 Å². The smallest absolute Gasteiger partial charge is 0.291 e. The molecule has 0 unspecified atom stereocenters. The molecule has 0 radical (unpaired) electrons. The normalized spacial score (nSPS) is 10.3. The zero-order chi connectivity index (χ0) is 16.2. The molecule has 3 rings (SSSR count). The molecule has 3 aromatic rings. The summed E-state index contributed by atoms with van der Waals surface area (Å²) in [5.41, 5.74) is 5.16. The Balaban J connectivity index is 1.70. The first-order valence-corrected chi connectivity index (χ1v) is 7.41. The molecule has 1 heterocycles. The summed E-state index contributed by atoms with van der Waals surface area (Å²) in [6, 6.07) is 17.2. The van der Waals surface area contributed by atoms with E-state index in [1.165, 1.54) is 17.4 Å². The summed E-state index contributed by atoms with van der Waals surface area (Å²) in [5.74, 6) is 0.0350. The Morgan fingerprint density at radius 1 is 0.957 bits per heavy atom. The van der Waals surface area contributed by atoms with Gasteiger partial charge in [0.25, 0.3) is 5.91 Å². The van der Waals surface area contributed by atoms with E-state index in [2.05, 4.69) is 42.7 Å². The number of hydrogen-bond donors (Lipinski definition) is 2. The highest BCUT2D eigenvalue weighted by Crippen LogP contribution is 2.23. The minimum Gasteiger partial charge on any atom is -0.459 e. The molecule has 23 heavy (non-hydrogen) atoms. The molecule has 1 aromatic heterocycles. The van der Waals surface area contributed by atoms with Gasteiger partial charge in [-0.05, 0) is 67.4 Å². The van der Waals surface area contributed by atoms with Crippen LogP contribution in [0.15, 0.2) is 65.3 Å². The van der Waals surface area contributed by atoms with Crippen LogP contribution in [0, 0.1) is 13.8 Å². The average Bonchev–Trinajstić information content (AvgIpc) is 3.07. The Kier molecular flexibility index (Phi) is 4.15. The quantitative estimate of drug-likeness (QED) is 0.721. The summed E-state index contributed by atoms with van der Waals surface area (Å²) < 4.78 is 5.07. The van der Waals surface area contributed by atoms with Crippen molar-refractivity contribution in [3.05, 3.63) is 77.7 Å². The molecule has 1 amide bonds. The SMILES string of the molecule is Cc1ccc(C)c(Nc2ccc(NC(=O)c3ccco3)cc2)c1. The number of carbonyl (C=O) groups is 1. The number of nitrogens with one attached hydrogen (secondary N) is 2. The minimum absolute atomic E-state index is 0.259. The van der Waals surface area contributed by atoms with Gasteiger partial charge in [0, 0.05) is 17.1 Å². The highest BCUT2D eigenvalue weighted by atomic mass is 16.3. The van der Waals surface area contributed by atoms with E-state index in [-0.39, 0.29) is 5.91 Å². The number of anilines is 3. The zero-order valence-corrected chi connectivity index (χ0v) is 13.1. The fourth-order valence-corrected chi connectivity index (χ4v) is 2.26. The molecule has 4 nitrogen and oxygen atoms in total. The Morgan fingerprint density at radius 3 is 2.39 bits per heavy atom. The molecule has 0 bridgehead atoms. The van der Waals surface area contributed by atoms with Crippen LogP contribution in [0.3, 0.4) is 0 Å². The highest BCUT2D eigenvalue weighted by Gasteiger charge is 2.08. The number of hydrogen-bond acceptors (Lipinski definition) is 3. The van der Waals surface area contributed by atoms with Crippen LogP contribution in [0.4, 0.5) is 17.1 Å². The Labute approximate surface area is 135 Å². The van der Waals surface area contributed by atoms with E-state index in [0.717, 1.165) is 17.1 Å². The lowest BCUT2D eigenvalue weighted by Gasteiger charge is -2.11. The fraction of sp³-hybridized carbons (Fsp3) is 0.105. The highest BCUT2D eigenvalue weighted by molar-refractivity contribution is 6.02. The summed E-state index contributed by atoms with van der Waals surface area (Å²) in [6.07, 6.45) is 1.48. The molecular formula is C19H18N2O2. The van der Waals surface area contributed by atoms with Crippen molar-refractivity contribution in [3.8, 4) is 0 Å². The van der Waals surface area contributed by atoms with Gasteiger partial charge in [-0.15, -0.1) is 0 Å². The summed E-state index contributed by atoms with van der Waals surface area (Å²) in [5, 5.41) is 6.19. The van der Waals surface area contributed by atoms with E-state index in [4.69, 9.17) is 4.42 Å². The molecule has 0 aliphatic carbocycles. The third kappa shape index (κ3) is 3.61. The summed E-state index contributed by atoms with van der Waals surface area (Å²) in [7, 11) is 0. The van der Waals surface area contributed by atoms with Crippen LogP contribution >= 0.6 is 0 Å². The molecule has 0 saturated carbocycles. The van der Waals surface area contributed by atoms with Crippen molar-refractivity contribution in [2.24, 2.45) is 0 Å². The molecule has 0 aliphatic rings. The Hall–Kier alpha value is -3.01. The summed E-state index contributed by atoms with van der Waals surface area (Å²) in [4.78, 5) is 11.9. The van der Waals surface area contributed by atoms with Gasteiger partial charge in [-0.3, -0.25) is 4.79 Å². The van der Waals surface area contributed by atoms with Crippen molar-refractivity contribution >= 4 is 23.0 Å². The third-order valence-corrected chi connectivity index (χ3v) is 3.56. The molecule has 0 saturated heterocycles. The van der Waals surface area contributed by atoms with Crippen LogP contribution in [0.5, 0.6) is 0 Å². The summed E-state index contributed by atoms with van der Waals surface area (Å²) in [6.45, 7) is 4.14. The van der Waals surface area contributed by atoms with Gasteiger partial charge >= 0.3 is 0 Å². The minimum atomic E-state index is -0.259. The number of furan rings is 1. The van der Waals surface area contributed by atoms with Gasteiger partial charge in [0.2, 0.25) is 0 Å². The predicted octanol–water partition coefficient (Wildman–Crippen LogP) is 4.89. The van der Waals surface area contributed by atoms with E-state index >= 15 is 0 Å². The van der Waals surface area contributed by atoms with Crippen LogP contribution < -0.4 is 10.6 Å². The molecule has 2 aromatic carbocycles. The lowest BCUT2D eigenvalue weighted by Crippen LogP contribution is -2.10. The number of amides is 1. The number of rotatable bonds is 4. The second-order valence-corrected chi connectivity index (χ2v) is 5.45. The number of carbonyl (C=O) groups excluding carboxylic acids is 1. The number of benzene rings is 2. The van der Waals surface area contributed by atoms with E-state index in [1.807, 2.05) is 24.3 Å². The first-order chi connectivity index (χ1) is 11.1. The van der Waals surface area contributed by atoms with Gasteiger partial charge < -0.3 is 15.1 Å². The van der Waals surface area contributed by atoms with E-state index in [1.54, 1.807) is 12.1 Å². The van der Waals surface area contributed by atoms with Crippen LogP contribution in [0.1, 0.15) is 21.7 Å². The van der Waals surface area contributed by atoms with Gasteiger partial charge in [-0.1, -0.05) is 12.1 Å². The van der Waals surface area contributed by atoms with Crippen LogP contribution in [0.2, 0.25) is 0 Å². The number of aryl methyl sites for hydroxylation is 2. The standard InChI is InChI=1S/C19H18N2O2/c1-13-5-6-14(2)17(12-13)20-15-7-9-16(10-8-15)21-19(22)18-4-3-11-23-18/h3-12,20H,1-2H3,(H,21,22). The molecule has 2 N–H and O–H groups in total. The lowest BCUT2D eigenvalue weighted by molar-refractivity contribution is 0.0996. The van der Waals surface area contributed by atoms with Crippen molar-refractivity contribution in [1.29, 1.82) is 0 Å². The molecular weight excluding hydrogens is 288 g/mol. The van der Waals surface area contributed by atoms with E-state index in [9.17, 15) is 4.79 Å². The van der Waals surface area contributed by atoms with Crippen molar-refractivity contribution in [2.75, 3.05) is 10.6 Å². The molecule has 0 atom stereocenters. The van der Waals surface area contributed by atoms with Gasteiger partial charge in [0.05, 0.1) is 6.26 Å². The first-order valence-electron chi connectivity index (χ1n) is 7.41. The molecule has 0 fully saturated rings. The molecule has 0 spiro atoms. The van der Waals surface area contributed by atoms with Crippen LogP contribution in [0.25, 0.3) is 0 Å². The zero-order valence-electron chi connectivity index (χ0n) is 13.1. The van der Waals surface area contributed by atoms with Gasteiger partial charge in [-0.25, -0.2) is 0 Å². The maximum absolute atomic E-state index is 11.9.